The van der Waals surface area contributed by atoms with Crippen LogP contribution >= 0.6 is 11.3 Å². The highest BCUT2D eigenvalue weighted by molar-refractivity contribution is 7.17. The molecule has 0 atom stereocenters. The van der Waals surface area contributed by atoms with Gasteiger partial charge >= 0.3 is 0 Å². The van der Waals surface area contributed by atoms with Gasteiger partial charge in [-0.2, -0.15) is 0 Å². The number of hydrogen-bond donors (Lipinski definition) is 2. The maximum atomic E-state index is 12.7. The van der Waals surface area contributed by atoms with E-state index >= 15 is 0 Å². The van der Waals surface area contributed by atoms with Gasteiger partial charge in [0.1, 0.15) is 43.3 Å². The number of thiophene rings is 1. The topological polar surface area (TPSA) is 80.7 Å². The van der Waals surface area contributed by atoms with Crippen molar-refractivity contribution in [2.75, 3.05) is 31.1 Å². The molecular formula is C20H21N5O2S+2. The second kappa shape index (κ2) is 7.21. The summed E-state index contributed by atoms with van der Waals surface area (Å²) in [5.41, 5.74) is 0.718. The lowest BCUT2D eigenvalue weighted by Gasteiger charge is -2.27. The molecule has 5 rings (SSSR count). The fourth-order valence-electron chi connectivity index (χ4n) is 3.75. The molecule has 1 fully saturated rings. The van der Waals surface area contributed by atoms with Gasteiger partial charge in [-0.3, -0.25) is 9.69 Å². The summed E-state index contributed by atoms with van der Waals surface area (Å²) in [5.74, 6) is 2.60. The standard InChI is InChI=1S/C20H19N5O2S/c26-19-18-14(15-4-3-11-27-15)13-28-20(18)23-16(22-19)12-24-7-9-25(10-8-24)17-5-1-2-6-21-17/h1-6,11,13H,7-10,12H2,(H,22,23,26)/p+2. The molecule has 4 aromatic heterocycles. The lowest BCUT2D eigenvalue weighted by Crippen LogP contribution is -3.13. The molecule has 1 aliphatic heterocycles. The van der Waals surface area contributed by atoms with Crippen LogP contribution in [0.15, 0.2) is 57.4 Å². The summed E-state index contributed by atoms with van der Waals surface area (Å²) < 4.78 is 5.45. The Labute approximate surface area is 165 Å². The zero-order chi connectivity index (χ0) is 18.9. The molecule has 1 aliphatic rings. The molecule has 0 spiro atoms. The highest BCUT2D eigenvalue weighted by Crippen LogP contribution is 2.30. The third kappa shape index (κ3) is 3.21. The number of aromatic nitrogens is 3. The zero-order valence-electron chi connectivity index (χ0n) is 15.3. The Morgan fingerprint density at radius 2 is 2.14 bits per heavy atom. The SMILES string of the molecule is O=c1[nH]c(C[NH+]2CCN(c3cccc[nH+]3)CC2)nc2scc(-c3ccco3)c12. The minimum absolute atomic E-state index is 0.0930. The normalized spacial score (nSPS) is 15.4. The van der Waals surface area contributed by atoms with Crippen molar-refractivity contribution in [3.8, 4) is 11.3 Å². The molecule has 0 bridgehead atoms. The highest BCUT2D eigenvalue weighted by Gasteiger charge is 2.26. The van der Waals surface area contributed by atoms with E-state index in [0.717, 1.165) is 54.8 Å². The molecule has 0 amide bonds. The Bertz CT molecular complexity index is 1130. The summed E-state index contributed by atoms with van der Waals surface area (Å²) in [4.78, 5) is 28.3. The van der Waals surface area contributed by atoms with E-state index in [1.165, 1.54) is 16.2 Å². The molecule has 28 heavy (non-hydrogen) atoms. The predicted molar refractivity (Wildman–Crippen MR) is 108 cm³/mol. The number of quaternary nitrogens is 1. The van der Waals surface area contributed by atoms with E-state index in [0.29, 0.717) is 11.1 Å². The quantitative estimate of drug-likeness (QED) is 0.540. The molecular weight excluding hydrogens is 374 g/mol. The van der Waals surface area contributed by atoms with Crippen LogP contribution in [0, 0.1) is 0 Å². The summed E-state index contributed by atoms with van der Waals surface area (Å²) in [7, 11) is 0. The second-order valence-corrected chi connectivity index (χ2v) is 7.84. The number of fused-ring (bicyclic) bond motifs is 1. The molecule has 7 nitrogen and oxygen atoms in total. The summed E-state index contributed by atoms with van der Waals surface area (Å²) in [6.07, 6.45) is 3.57. The van der Waals surface area contributed by atoms with E-state index in [1.54, 1.807) is 6.26 Å². The largest absolute Gasteiger partial charge is 0.464 e. The summed E-state index contributed by atoms with van der Waals surface area (Å²) in [5, 5.41) is 2.56. The van der Waals surface area contributed by atoms with Crippen molar-refractivity contribution in [2.24, 2.45) is 0 Å². The number of piperazine rings is 1. The number of H-pyrrole nitrogens is 2. The summed E-state index contributed by atoms with van der Waals surface area (Å²) >= 11 is 1.49. The molecule has 8 heteroatoms. The van der Waals surface area contributed by atoms with Gasteiger partial charge in [0.2, 0.25) is 0 Å². The smallest absolute Gasteiger partial charge is 0.274 e. The van der Waals surface area contributed by atoms with Crippen molar-refractivity contribution in [2.45, 2.75) is 6.54 Å². The summed E-state index contributed by atoms with van der Waals surface area (Å²) in [6.45, 7) is 4.69. The monoisotopic (exact) mass is 395 g/mol. The Balaban J connectivity index is 1.32. The van der Waals surface area contributed by atoms with Crippen molar-refractivity contribution in [1.82, 2.24) is 9.97 Å². The minimum Gasteiger partial charge on any atom is -0.464 e. The van der Waals surface area contributed by atoms with E-state index in [4.69, 9.17) is 9.40 Å². The maximum absolute atomic E-state index is 12.7. The molecule has 0 radical (unpaired) electrons. The van der Waals surface area contributed by atoms with E-state index in [2.05, 4.69) is 20.9 Å². The fourth-order valence-corrected chi connectivity index (χ4v) is 4.70. The molecule has 4 aromatic rings. The van der Waals surface area contributed by atoms with Crippen molar-refractivity contribution in [3.05, 3.63) is 64.4 Å². The number of aromatic amines is 2. The van der Waals surface area contributed by atoms with Crippen LogP contribution in [0.5, 0.6) is 0 Å². The molecule has 0 unspecified atom stereocenters. The van der Waals surface area contributed by atoms with Crippen LogP contribution in [0.2, 0.25) is 0 Å². The molecule has 3 N–H and O–H groups in total. The lowest BCUT2D eigenvalue weighted by molar-refractivity contribution is -0.915. The van der Waals surface area contributed by atoms with E-state index in [1.807, 2.05) is 35.8 Å². The number of rotatable bonds is 4. The fraction of sp³-hybridized carbons (Fsp3) is 0.250. The second-order valence-electron chi connectivity index (χ2n) is 6.98. The number of nitrogens with zero attached hydrogens (tertiary/aromatic N) is 2. The van der Waals surface area contributed by atoms with Gasteiger partial charge in [-0.25, -0.2) is 9.97 Å². The molecule has 0 aromatic carbocycles. The number of furan rings is 1. The lowest BCUT2D eigenvalue weighted by atomic mass is 10.2. The first kappa shape index (κ1) is 17.2. The number of nitrogens with one attached hydrogen (secondary N) is 3. The molecule has 0 saturated carbocycles. The minimum atomic E-state index is -0.0930. The first-order valence-electron chi connectivity index (χ1n) is 9.37. The molecule has 5 heterocycles. The number of pyridine rings is 1. The zero-order valence-corrected chi connectivity index (χ0v) is 16.1. The van der Waals surface area contributed by atoms with Crippen molar-refractivity contribution in [3.63, 3.8) is 0 Å². The predicted octanol–water partition coefficient (Wildman–Crippen LogP) is 0.964. The Morgan fingerprint density at radius 1 is 1.25 bits per heavy atom. The van der Waals surface area contributed by atoms with Crippen LogP contribution in [0.3, 0.4) is 0 Å². The van der Waals surface area contributed by atoms with E-state index in [9.17, 15) is 4.79 Å². The molecule has 142 valence electrons. The maximum Gasteiger partial charge on any atom is 0.274 e. The van der Waals surface area contributed by atoms with Gasteiger partial charge in [-0.05, 0) is 18.2 Å². The van der Waals surface area contributed by atoms with Gasteiger partial charge in [0, 0.05) is 17.0 Å². The molecule has 0 aliphatic carbocycles. The Morgan fingerprint density at radius 3 is 2.89 bits per heavy atom. The third-order valence-corrected chi connectivity index (χ3v) is 6.07. The number of hydrogen-bond acceptors (Lipinski definition) is 5. The van der Waals surface area contributed by atoms with Crippen LogP contribution in [-0.4, -0.2) is 36.1 Å². The average Bonchev–Trinajstić information content (AvgIpc) is 3.39. The molecule has 1 saturated heterocycles. The van der Waals surface area contributed by atoms with E-state index in [-0.39, 0.29) is 5.56 Å². The van der Waals surface area contributed by atoms with Gasteiger partial charge in [0.05, 0.1) is 17.8 Å². The van der Waals surface area contributed by atoms with Gasteiger partial charge < -0.3 is 14.3 Å². The van der Waals surface area contributed by atoms with Gasteiger partial charge in [-0.1, -0.05) is 6.07 Å². The van der Waals surface area contributed by atoms with Crippen LogP contribution in [0.25, 0.3) is 21.5 Å². The Hall–Kier alpha value is -2.97. The van der Waals surface area contributed by atoms with Crippen molar-refractivity contribution >= 4 is 27.4 Å². The first-order chi connectivity index (χ1) is 13.8. The van der Waals surface area contributed by atoms with Gasteiger partial charge in [0.15, 0.2) is 5.82 Å². The van der Waals surface area contributed by atoms with Crippen molar-refractivity contribution < 1.29 is 14.3 Å². The average molecular weight is 395 g/mol. The van der Waals surface area contributed by atoms with Crippen LogP contribution < -0.4 is 20.3 Å². The van der Waals surface area contributed by atoms with Crippen molar-refractivity contribution in [1.29, 1.82) is 0 Å². The van der Waals surface area contributed by atoms with E-state index < -0.39 is 0 Å². The van der Waals surface area contributed by atoms with Crippen LogP contribution in [-0.2, 0) is 6.54 Å². The highest BCUT2D eigenvalue weighted by atomic mass is 32.1. The van der Waals surface area contributed by atoms with Crippen LogP contribution in [0.1, 0.15) is 5.82 Å². The van der Waals surface area contributed by atoms with Gasteiger partial charge in [0.25, 0.3) is 11.4 Å². The van der Waals surface area contributed by atoms with Gasteiger partial charge in [-0.15, -0.1) is 11.3 Å². The Kier molecular flexibility index (Phi) is 4.42. The third-order valence-electron chi connectivity index (χ3n) is 5.20. The number of anilines is 1. The van der Waals surface area contributed by atoms with Crippen LogP contribution in [0.4, 0.5) is 5.82 Å². The summed E-state index contributed by atoms with van der Waals surface area (Å²) in [6, 6.07) is 9.83. The first-order valence-corrected chi connectivity index (χ1v) is 10.3.